The smallest absolute Gasteiger partial charge is 0.160 e. The predicted octanol–water partition coefficient (Wildman–Crippen LogP) is 17.8. The number of fused-ring (bicyclic) bond motifs is 9. The molecule has 0 N–H and O–H groups in total. The van der Waals surface area contributed by atoms with E-state index >= 15 is 0 Å². The molecule has 14 rings (SSSR count). The van der Waals surface area contributed by atoms with Gasteiger partial charge in [-0.25, -0.2) is 9.97 Å². The molecule has 2 nitrogen and oxygen atoms in total. The van der Waals surface area contributed by atoms with E-state index in [0.717, 1.165) is 33.5 Å². The van der Waals surface area contributed by atoms with Gasteiger partial charge in [0.2, 0.25) is 0 Å². The SMILES string of the molecule is CC1(C)c2cccc(-c3ccc(-c4ccc(-c5cc(-c6cccc7c6-c6ccccc6C7(c6ccccc6)c6ccccc6)nc(-c6ccccc6)n5)c5ccccc45)cc3)c2-c2c1ccc1ccccc21. The van der Waals surface area contributed by atoms with Crippen molar-refractivity contribution < 1.29 is 0 Å². The van der Waals surface area contributed by atoms with Crippen LogP contribution in [-0.4, -0.2) is 9.97 Å². The van der Waals surface area contributed by atoms with Gasteiger partial charge in [0, 0.05) is 22.1 Å². The van der Waals surface area contributed by atoms with Crippen LogP contribution in [-0.2, 0) is 10.8 Å². The molecule has 0 aliphatic heterocycles. The molecule has 0 fully saturated rings. The molecule has 0 saturated heterocycles. The van der Waals surface area contributed by atoms with Gasteiger partial charge in [-0.3, -0.25) is 0 Å². The Morgan fingerprint density at radius 1 is 0.292 bits per heavy atom. The van der Waals surface area contributed by atoms with E-state index in [4.69, 9.17) is 9.97 Å². The summed E-state index contributed by atoms with van der Waals surface area (Å²) in [5, 5.41) is 4.91. The summed E-state index contributed by atoms with van der Waals surface area (Å²) >= 11 is 0. The summed E-state index contributed by atoms with van der Waals surface area (Å²) in [6, 6.07) is 93.2. The van der Waals surface area contributed by atoms with Gasteiger partial charge in [-0.05, 0) is 105 Å². The molecule has 0 saturated carbocycles. The lowest BCUT2D eigenvalue weighted by Crippen LogP contribution is -2.28. The lowest BCUT2D eigenvalue weighted by Gasteiger charge is -2.33. The van der Waals surface area contributed by atoms with Crippen LogP contribution in [0.25, 0.3) is 100.0 Å². The van der Waals surface area contributed by atoms with Gasteiger partial charge in [-0.2, -0.15) is 0 Å². The highest BCUT2D eigenvalue weighted by atomic mass is 14.9. The number of nitrogens with zero attached hydrogens (tertiary/aromatic N) is 2. The first-order chi connectivity index (χ1) is 35.5. The highest BCUT2D eigenvalue weighted by molar-refractivity contribution is 6.08. The molecule has 2 aliphatic rings. The van der Waals surface area contributed by atoms with Crippen molar-refractivity contribution in [1.82, 2.24) is 9.97 Å². The summed E-state index contributed by atoms with van der Waals surface area (Å²) in [5.41, 5.74) is 22.0. The lowest BCUT2D eigenvalue weighted by atomic mass is 9.67. The first-order valence-corrected chi connectivity index (χ1v) is 25.1. The van der Waals surface area contributed by atoms with Crippen LogP contribution >= 0.6 is 0 Å². The Balaban J connectivity index is 0.915. The van der Waals surface area contributed by atoms with E-state index in [2.05, 4.69) is 269 Å². The average molecular weight is 917 g/mol. The van der Waals surface area contributed by atoms with Crippen molar-refractivity contribution in [3.8, 4) is 78.4 Å². The summed E-state index contributed by atoms with van der Waals surface area (Å²) in [6.07, 6.45) is 0. The maximum absolute atomic E-state index is 5.47. The van der Waals surface area contributed by atoms with Gasteiger partial charge in [-0.15, -0.1) is 0 Å². The molecule has 12 aromatic rings. The quantitative estimate of drug-likeness (QED) is 0.159. The second-order valence-electron chi connectivity index (χ2n) is 19.9. The highest BCUT2D eigenvalue weighted by Crippen LogP contribution is 2.59. The van der Waals surface area contributed by atoms with Gasteiger partial charge in [0.15, 0.2) is 5.82 Å². The second kappa shape index (κ2) is 16.3. The van der Waals surface area contributed by atoms with Gasteiger partial charge < -0.3 is 0 Å². The van der Waals surface area contributed by atoms with Crippen molar-refractivity contribution in [2.45, 2.75) is 24.7 Å². The molecule has 72 heavy (non-hydrogen) atoms. The predicted molar refractivity (Wildman–Crippen MR) is 299 cm³/mol. The van der Waals surface area contributed by atoms with Crippen molar-refractivity contribution >= 4 is 21.5 Å². The first-order valence-electron chi connectivity index (χ1n) is 25.1. The van der Waals surface area contributed by atoms with Crippen molar-refractivity contribution in [3.63, 3.8) is 0 Å². The molecule has 1 aromatic heterocycles. The molecule has 0 spiro atoms. The number of hydrogen-bond acceptors (Lipinski definition) is 2. The Labute approximate surface area is 420 Å². The van der Waals surface area contributed by atoms with Gasteiger partial charge in [-0.1, -0.05) is 263 Å². The molecule has 2 heteroatoms. The van der Waals surface area contributed by atoms with E-state index in [1.807, 2.05) is 0 Å². The highest BCUT2D eigenvalue weighted by Gasteiger charge is 2.47. The molecule has 1 heterocycles. The third-order valence-corrected chi connectivity index (χ3v) is 15.8. The molecular formula is C70H48N2. The van der Waals surface area contributed by atoms with E-state index in [-0.39, 0.29) is 5.41 Å². The zero-order valence-electron chi connectivity index (χ0n) is 40.1. The summed E-state index contributed by atoms with van der Waals surface area (Å²) in [4.78, 5) is 10.9. The Hall–Kier alpha value is -8.98. The minimum atomic E-state index is -0.523. The minimum absolute atomic E-state index is 0.0964. The number of rotatable bonds is 7. The zero-order valence-corrected chi connectivity index (χ0v) is 40.1. The van der Waals surface area contributed by atoms with Crippen LogP contribution in [0.5, 0.6) is 0 Å². The molecule has 2 aliphatic carbocycles. The largest absolute Gasteiger partial charge is 0.228 e. The van der Waals surface area contributed by atoms with Crippen molar-refractivity contribution in [2.75, 3.05) is 0 Å². The molecule has 0 bridgehead atoms. The average Bonchev–Trinajstić information content (AvgIpc) is 3.89. The molecule has 11 aromatic carbocycles. The lowest BCUT2D eigenvalue weighted by molar-refractivity contribution is 0.661. The fourth-order valence-electron chi connectivity index (χ4n) is 12.5. The fraction of sp³-hybridized carbons (Fsp3) is 0.0571. The van der Waals surface area contributed by atoms with Crippen LogP contribution in [0.15, 0.2) is 255 Å². The maximum Gasteiger partial charge on any atom is 0.160 e. The van der Waals surface area contributed by atoms with Gasteiger partial charge in [0.25, 0.3) is 0 Å². The normalized spacial score (nSPS) is 13.6. The van der Waals surface area contributed by atoms with E-state index in [9.17, 15) is 0 Å². The second-order valence-corrected chi connectivity index (χ2v) is 19.9. The first kappa shape index (κ1) is 41.9. The van der Waals surface area contributed by atoms with Crippen LogP contribution in [0.2, 0.25) is 0 Å². The third kappa shape index (κ3) is 6.22. The monoisotopic (exact) mass is 916 g/mol. The third-order valence-electron chi connectivity index (χ3n) is 15.8. The Kier molecular flexibility index (Phi) is 9.50. The minimum Gasteiger partial charge on any atom is -0.228 e. The molecule has 0 radical (unpaired) electrons. The summed E-state index contributed by atoms with van der Waals surface area (Å²) in [6.45, 7) is 4.74. The van der Waals surface area contributed by atoms with Crippen LogP contribution in [0.1, 0.15) is 47.2 Å². The number of hydrogen-bond donors (Lipinski definition) is 0. The van der Waals surface area contributed by atoms with E-state index < -0.39 is 5.41 Å². The molecule has 0 unspecified atom stereocenters. The summed E-state index contributed by atoms with van der Waals surface area (Å²) < 4.78 is 0. The van der Waals surface area contributed by atoms with Crippen LogP contribution in [0.3, 0.4) is 0 Å². The standard InChI is InChI=1S/C70H48N2/c1-69(2)60-34-18-31-53(66(60)67-52-27-13-12-20-45(52)40-43-61(67)69)47-38-36-46(37-39-47)51-41-42-56(55-29-15-14-28-54(51)55)63-44-64(72-68(71-63)48-21-6-3-7-22-48)58-32-19-35-62-65(58)57-30-16-17-33-59(57)70(62,49-23-8-4-9-24-49)50-25-10-5-11-26-50/h3-44H,1-2H3. The number of aromatic nitrogens is 2. The van der Waals surface area contributed by atoms with Gasteiger partial charge >= 0.3 is 0 Å². The van der Waals surface area contributed by atoms with E-state index in [1.54, 1.807) is 0 Å². The topological polar surface area (TPSA) is 25.8 Å². The van der Waals surface area contributed by atoms with Crippen LogP contribution < -0.4 is 0 Å². The van der Waals surface area contributed by atoms with E-state index in [1.165, 1.54) is 94.0 Å². The van der Waals surface area contributed by atoms with Crippen LogP contribution in [0, 0.1) is 0 Å². The summed E-state index contributed by atoms with van der Waals surface area (Å²) in [5.74, 6) is 0.694. The Morgan fingerprint density at radius 2 is 0.792 bits per heavy atom. The molecular weight excluding hydrogens is 869 g/mol. The van der Waals surface area contributed by atoms with Crippen molar-refractivity contribution in [3.05, 3.63) is 288 Å². The molecule has 0 amide bonds. The number of benzene rings is 11. The fourth-order valence-corrected chi connectivity index (χ4v) is 12.5. The van der Waals surface area contributed by atoms with E-state index in [0.29, 0.717) is 5.82 Å². The Morgan fingerprint density at radius 3 is 1.50 bits per heavy atom. The Bertz CT molecular complexity index is 4060. The van der Waals surface area contributed by atoms with Crippen molar-refractivity contribution in [1.29, 1.82) is 0 Å². The summed E-state index contributed by atoms with van der Waals surface area (Å²) in [7, 11) is 0. The van der Waals surface area contributed by atoms with Crippen LogP contribution in [0.4, 0.5) is 0 Å². The maximum atomic E-state index is 5.47. The van der Waals surface area contributed by atoms with Crippen molar-refractivity contribution in [2.24, 2.45) is 0 Å². The van der Waals surface area contributed by atoms with Gasteiger partial charge in [0.05, 0.1) is 16.8 Å². The molecule has 0 atom stereocenters. The molecule has 338 valence electrons. The van der Waals surface area contributed by atoms with Gasteiger partial charge in [0.1, 0.15) is 0 Å². The zero-order chi connectivity index (χ0) is 48.0.